The maximum atomic E-state index is 13.0. The summed E-state index contributed by atoms with van der Waals surface area (Å²) in [5, 5.41) is 9.34. The first kappa shape index (κ1) is 16.8. The third-order valence-electron chi connectivity index (χ3n) is 3.64. The Morgan fingerprint density at radius 2 is 1.82 bits per heavy atom. The minimum atomic E-state index is -4.54. The quantitative estimate of drug-likeness (QED) is 0.925. The summed E-state index contributed by atoms with van der Waals surface area (Å²) in [6.07, 6.45) is -5.01. The summed E-state index contributed by atoms with van der Waals surface area (Å²) in [6, 6.07) is 4.86. The van der Waals surface area contributed by atoms with Crippen molar-refractivity contribution in [2.24, 2.45) is 0 Å². The monoisotopic (exact) mass is 316 g/mol. The van der Waals surface area contributed by atoms with E-state index in [2.05, 4.69) is 0 Å². The molecule has 1 aromatic rings. The highest BCUT2D eigenvalue weighted by molar-refractivity contribution is 5.96. The van der Waals surface area contributed by atoms with Gasteiger partial charge in [-0.05, 0) is 19.1 Å². The molecule has 1 aliphatic heterocycles. The van der Waals surface area contributed by atoms with E-state index in [4.69, 9.17) is 0 Å². The van der Waals surface area contributed by atoms with Gasteiger partial charge >= 0.3 is 6.18 Å². The molecule has 4 nitrogen and oxygen atoms in total. The van der Waals surface area contributed by atoms with Crippen LogP contribution in [0.3, 0.4) is 0 Å². The van der Waals surface area contributed by atoms with Gasteiger partial charge in [0.15, 0.2) is 0 Å². The highest BCUT2D eigenvalue weighted by Crippen LogP contribution is 2.32. The zero-order chi connectivity index (χ0) is 16.3. The van der Waals surface area contributed by atoms with Crippen molar-refractivity contribution in [1.82, 2.24) is 9.80 Å². The van der Waals surface area contributed by atoms with Gasteiger partial charge in [0.1, 0.15) is 0 Å². The van der Waals surface area contributed by atoms with Crippen molar-refractivity contribution in [3.63, 3.8) is 0 Å². The Hall–Kier alpha value is -1.60. The molecule has 1 aliphatic rings. The Labute approximate surface area is 127 Å². The number of nitrogens with zero attached hydrogens (tertiary/aromatic N) is 2. The number of halogens is 3. The van der Waals surface area contributed by atoms with Crippen LogP contribution in [0.15, 0.2) is 24.3 Å². The summed E-state index contributed by atoms with van der Waals surface area (Å²) >= 11 is 0. The molecule has 1 amide bonds. The first-order valence-corrected chi connectivity index (χ1v) is 7.15. The zero-order valence-electron chi connectivity index (χ0n) is 12.3. The predicted octanol–water partition coefficient (Wildman–Crippen LogP) is 1.84. The van der Waals surface area contributed by atoms with Crippen LogP contribution in [0.25, 0.3) is 0 Å². The second kappa shape index (κ2) is 6.66. The fraction of sp³-hybridized carbons (Fsp3) is 0.533. The minimum Gasteiger partial charge on any atom is -0.392 e. The molecule has 1 unspecified atom stereocenters. The number of hydrogen-bond donors (Lipinski definition) is 1. The second-order valence-electron chi connectivity index (χ2n) is 5.49. The molecule has 0 saturated carbocycles. The van der Waals surface area contributed by atoms with E-state index in [1.165, 1.54) is 23.1 Å². The number of β-amino-alcohol motifs (C(OH)–C–C–N with tert-alkyl or cyclic N) is 1. The van der Waals surface area contributed by atoms with Crippen LogP contribution in [0.1, 0.15) is 22.8 Å². The maximum Gasteiger partial charge on any atom is 0.417 e. The Bertz CT molecular complexity index is 524. The molecule has 0 spiro atoms. The number of benzene rings is 1. The molecule has 0 aromatic heterocycles. The number of aliphatic hydroxyl groups is 1. The van der Waals surface area contributed by atoms with Crippen molar-refractivity contribution >= 4 is 5.91 Å². The third-order valence-corrected chi connectivity index (χ3v) is 3.64. The Balaban J connectivity index is 2.08. The molecular weight excluding hydrogens is 297 g/mol. The van der Waals surface area contributed by atoms with Gasteiger partial charge in [0.25, 0.3) is 5.91 Å². The van der Waals surface area contributed by atoms with Gasteiger partial charge in [-0.25, -0.2) is 0 Å². The molecule has 22 heavy (non-hydrogen) atoms. The number of aliphatic hydroxyl groups excluding tert-OH is 1. The number of amides is 1. The standard InChI is InChI=1S/C15H19F3N2O2/c1-11(21)10-19-6-8-20(9-7-19)14(22)12-4-2-3-5-13(12)15(16,17)18/h2-5,11,21H,6-10H2,1H3. The van der Waals surface area contributed by atoms with Crippen LogP contribution < -0.4 is 0 Å². The lowest BCUT2D eigenvalue weighted by atomic mass is 10.1. The van der Waals surface area contributed by atoms with Crippen LogP contribution in [-0.4, -0.2) is 59.6 Å². The van der Waals surface area contributed by atoms with Crippen LogP contribution in [0, 0.1) is 0 Å². The highest BCUT2D eigenvalue weighted by atomic mass is 19.4. The van der Waals surface area contributed by atoms with Gasteiger partial charge < -0.3 is 10.0 Å². The molecule has 0 bridgehead atoms. The van der Waals surface area contributed by atoms with Crippen molar-refractivity contribution in [2.45, 2.75) is 19.2 Å². The number of alkyl halides is 3. The maximum absolute atomic E-state index is 13.0. The molecule has 1 saturated heterocycles. The van der Waals surface area contributed by atoms with Gasteiger partial charge in [-0.1, -0.05) is 12.1 Å². The van der Waals surface area contributed by atoms with Crippen LogP contribution in [0.2, 0.25) is 0 Å². The second-order valence-corrected chi connectivity index (χ2v) is 5.49. The van der Waals surface area contributed by atoms with Crippen LogP contribution in [-0.2, 0) is 6.18 Å². The molecule has 1 heterocycles. The van der Waals surface area contributed by atoms with E-state index in [0.717, 1.165) is 6.07 Å². The summed E-state index contributed by atoms with van der Waals surface area (Å²) in [5.41, 5.74) is -1.20. The first-order chi connectivity index (χ1) is 10.3. The van der Waals surface area contributed by atoms with Gasteiger partial charge in [-0.15, -0.1) is 0 Å². The van der Waals surface area contributed by atoms with Gasteiger partial charge in [0.2, 0.25) is 0 Å². The van der Waals surface area contributed by atoms with Crippen LogP contribution >= 0.6 is 0 Å². The third kappa shape index (κ3) is 3.98. The first-order valence-electron chi connectivity index (χ1n) is 7.15. The average molecular weight is 316 g/mol. The smallest absolute Gasteiger partial charge is 0.392 e. The van der Waals surface area contributed by atoms with Gasteiger partial charge in [-0.2, -0.15) is 13.2 Å². The summed E-state index contributed by atoms with van der Waals surface area (Å²) in [6.45, 7) is 3.99. The van der Waals surface area contributed by atoms with E-state index >= 15 is 0 Å². The molecule has 0 aliphatic carbocycles. The molecule has 7 heteroatoms. The summed E-state index contributed by atoms with van der Waals surface area (Å²) in [5.74, 6) is -0.593. The molecule has 122 valence electrons. The van der Waals surface area contributed by atoms with Crippen LogP contribution in [0.5, 0.6) is 0 Å². The molecule has 2 rings (SSSR count). The minimum absolute atomic E-state index is 0.307. The number of carbonyl (C=O) groups is 1. The van der Waals surface area contributed by atoms with Crippen molar-refractivity contribution < 1.29 is 23.1 Å². The largest absolute Gasteiger partial charge is 0.417 e. The molecule has 1 atom stereocenters. The predicted molar refractivity (Wildman–Crippen MR) is 75.5 cm³/mol. The Kier molecular flexibility index (Phi) is 5.08. The normalized spacial score (nSPS) is 18.3. The molecule has 1 fully saturated rings. The summed E-state index contributed by atoms with van der Waals surface area (Å²) in [7, 11) is 0. The van der Waals surface area contributed by atoms with E-state index in [1.54, 1.807) is 6.92 Å². The molecule has 0 radical (unpaired) electrons. The number of hydrogen-bond acceptors (Lipinski definition) is 3. The Morgan fingerprint density at radius 1 is 1.23 bits per heavy atom. The van der Waals surface area contributed by atoms with Gasteiger partial charge in [0, 0.05) is 32.7 Å². The molecular formula is C15H19F3N2O2. The highest BCUT2D eigenvalue weighted by Gasteiger charge is 2.36. The topological polar surface area (TPSA) is 43.8 Å². The van der Waals surface area contributed by atoms with E-state index in [0.29, 0.717) is 32.7 Å². The summed E-state index contributed by atoms with van der Waals surface area (Å²) in [4.78, 5) is 15.8. The Morgan fingerprint density at radius 3 is 2.36 bits per heavy atom. The number of piperazine rings is 1. The SMILES string of the molecule is CC(O)CN1CCN(C(=O)c2ccccc2C(F)(F)F)CC1. The lowest BCUT2D eigenvalue weighted by Gasteiger charge is -2.35. The fourth-order valence-corrected chi connectivity index (χ4v) is 2.59. The molecule has 1 aromatic carbocycles. The van der Waals surface area contributed by atoms with E-state index < -0.39 is 23.8 Å². The fourth-order valence-electron chi connectivity index (χ4n) is 2.59. The van der Waals surface area contributed by atoms with E-state index in [9.17, 15) is 23.1 Å². The van der Waals surface area contributed by atoms with Crippen molar-refractivity contribution in [3.05, 3.63) is 35.4 Å². The van der Waals surface area contributed by atoms with E-state index in [1.807, 2.05) is 4.90 Å². The summed E-state index contributed by atoms with van der Waals surface area (Å²) < 4.78 is 38.9. The zero-order valence-corrected chi connectivity index (χ0v) is 12.3. The van der Waals surface area contributed by atoms with Crippen molar-refractivity contribution in [3.8, 4) is 0 Å². The average Bonchev–Trinajstić information content (AvgIpc) is 2.46. The van der Waals surface area contributed by atoms with Crippen LogP contribution in [0.4, 0.5) is 13.2 Å². The lowest BCUT2D eigenvalue weighted by molar-refractivity contribution is -0.138. The number of carbonyl (C=O) groups excluding carboxylic acids is 1. The molecule has 1 N–H and O–H groups in total. The lowest BCUT2D eigenvalue weighted by Crippen LogP contribution is -2.50. The van der Waals surface area contributed by atoms with Crippen molar-refractivity contribution in [1.29, 1.82) is 0 Å². The van der Waals surface area contributed by atoms with Gasteiger partial charge in [0.05, 0.1) is 17.2 Å². The van der Waals surface area contributed by atoms with E-state index in [-0.39, 0.29) is 5.56 Å². The van der Waals surface area contributed by atoms with Crippen molar-refractivity contribution in [2.75, 3.05) is 32.7 Å². The van der Waals surface area contributed by atoms with Gasteiger partial charge in [-0.3, -0.25) is 9.69 Å². The number of rotatable bonds is 3.